The van der Waals surface area contributed by atoms with E-state index in [1.54, 1.807) is 6.07 Å². The van der Waals surface area contributed by atoms with Gasteiger partial charge >= 0.3 is 0 Å². The van der Waals surface area contributed by atoms with Crippen molar-refractivity contribution in [3.05, 3.63) is 41.2 Å². The summed E-state index contributed by atoms with van der Waals surface area (Å²) < 4.78 is 15.9. The fourth-order valence-electron chi connectivity index (χ4n) is 2.32. The molecule has 0 aliphatic heterocycles. The number of hydrogen-bond donors (Lipinski definition) is 2. The summed E-state index contributed by atoms with van der Waals surface area (Å²) in [7, 11) is 2.97. The number of nitrogen functional groups attached to an aromatic ring is 1. The Morgan fingerprint density at radius 3 is 2.44 bits per heavy atom. The zero-order valence-corrected chi connectivity index (χ0v) is 14.9. The minimum Gasteiger partial charge on any atom is -0.481 e. The maximum Gasteiger partial charge on any atom is 0.220 e. The monoisotopic (exact) mass is 347 g/mol. The molecule has 3 N–H and O–H groups in total. The fourth-order valence-corrected chi connectivity index (χ4v) is 2.32. The molecule has 2 rings (SSSR count). The predicted octanol–water partition coefficient (Wildman–Crippen LogP) is 2.47. The maximum atomic E-state index is 10.7. The van der Waals surface area contributed by atoms with Gasteiger partial charge in [-0.2, -0.15) is 9.97 Å². The number of nitrogens with zero attached hydrogens (tertiary/aromatic N) is 2. The average molecular weight is 347 g/mol. The van der Waals surface area contributed by atoms with Gasteiger partial charge in [0, 0.05) is 23.4 Å². The molecule has 7 nitrogen and oxygen atoms in total. The first-order chi connectivity index (χ1) is 12.1. The normalized spacial score (nSPS) is 12.0. The van der Waals surface area contributed by atoms with Crippen molar-refractivity contribution in [3.63, 3.8) is 0 Å². The van der Waals surface area contributed by atoms with Crippen molar-refractivity contribution in [1.82, 2.24) is 9.97 Å². The number of anilines is 1. The van der Waals surface area contributed by atoms with Gasteiger partial charge in [0.25, 0.3) is 0 Å². The number of unbranched alkanes of at least 4 members (excludes halogenated alkanes) is 1. The van der Waals surface area contributed by atoms with E-state index in [0.717, 1.165) is 18.4 Å². The molecule has 0 saturated heterocycles. The zero-order chi connectivity index (χ0) is 18.2. The number of para-hydroxylation sites is 1. The Morgan fingerprint density at radius 2 is 1.84 bits per heavy atom. The molecule has 7 heteroatoms. The van der Waals surface area contributed by atoms with Crippen molar-refractivity contribution in [1.29, 1.82) is 0 Å². The molecule has 1 unspecified atom stereocenters. The van der Waals surface area contributed by atoms with E-state index in [9.17, 15) is 5.11 Å². The Morgan fingerprint density at radius 1 is 1.16 bits per heavy atom. The van der Waals surface area contributed by atoms with Gasteiger partial charge in [-0.25, -0.2) is 0 Å². The third-order valence-corrected chi connectivity index (χ3v) is 3.78. The molecule has 1 atom stereocenters. The van der Waals surface area contributed by atoms with E-state index in [4.69, 9.17) is 19.9 Å². The molecule has 25 heavy (non-hydrogen) atoms. The van der Waals surface area contributed by atoms with E-state index < -0.39 is 6.10 Å². The highest BCUT2D eigenvalue weighted by atomic mass is 16.5. The highest BCUT2D eigenvalue weighted by molar-refractivity contribution is 5.55. The fraction of sp³-hybridized carbons (Fsp3) is 0.444. The molecule has 0 saturated carbocycles. The van der Waals surface area contributed by atoms with E-state index in [2.05, 4.69) is 16.9 Å². The smallest absolute Gasteiger partial charge is 0.220 e. The van der Waals surface area contributed by atoms with Crippen molar-refractivity contribution >= 4 is 5.69 Å². The molecule has 1 aromatic carbocycles. The molecular formula is C18H25N3O4. The van der Waals surface area contributed by atoms with E-state index in [1.807, 2.05) is 12.1 Å². The van der Waals surface area contributed by atoms with Gasteiger partial charge in [0.05, 0.1) is 26.9 Å². The average Bonchev–Trinajstić information content (AvgIpc) is 2.65. The van der Waals surface area contributed by atoms with Crippen LogP contribution in [0, 0.1) is 0 Å². The summed E-state index contributed by atoms with van der Waals surface area (Å²) >= 11 is 0. The molecule has 2 aromatic rings. The number of hydrogen-bond acceptors (Lipinski definition) is 7. The van der Waals surface area contributed by atoms with Crippen LogP contribution in [0.25, 0.3) is 0 Å². The minimum atomic E-state index is -1.10. The van der Waals surface area contributed by atoms with E-state index in [1.165, 1.54) is 20.3 Å². The quantitative estimate of drug-likeness (QED) is 0.531. The van der Waals surface area contributed by atoms with E-state index >= 15 is 0 Å². The zero-order valence-electron chi connectivity index (χ0n) is 14.9. The van der Waals surface area contributed by atoms with Crippen LogP contribution in [0.3, 0.4) is 0 Å². The summed E-state index contributed by atoms with van der Waals surface area (Å²) in [5, 5.41) is 10.7. The number of aliphatic hydroxyl groups is 1. The standard InChI is InChI=1S/C18H25N3O4/c1-4-5-9-25-11-12-7-6-8-13(16(12)19)17(22)18-20-14(23-2)10-15(21-18)24-3/h6-8,10,17,22H,4-5,9,11,19H2,1-3H3. The van der Waals surface area contributed by atoms with E-state index in [-0.39, 0.29) is 5.82 Å². The number of ether oxygens (including phenoxy) is 3. The van der Waals surface area contributed by atoms with Crippen LogP contribution in [-0.4, -0.2) is 35.9 Å². The second-order valence-electron chi connectivity index (χ2n) is 5.54. The third-order valence-electron chi connectivity index (χ3n) is 3.78. The summed E-state index contributed by atoms with van der Waals surface area (Å²) in [6.07, 6.45) is 0.975. The lowest BCUT2D eigenvalue weighted by Crippen LogP contribution is -2.11. The Bertz CT molecular complexity index is 672. The number of benzene rings is 1. The Labute approximate surface area is 147 Å². The van der Waals surface area contributed by atoms with Crippen molar-refractivity contribution in [2.45, 2.75) is 32.5 Å². The van der Waals surface area contributed by atoms with Gasteiger partial charge in [-0.05, 0) is 6.42 Å². The van der Waals surface area contributed by atoms with Gasteiger partial charge < -0.3 is 25.1 Å². The van der Waals surface area contributed by atoms with Gasteiger partial charge in [-0.3, -0.25) is 0 Å². The summed E-state index contributed by atoms with van der Waals surface area (Å²) in [4.78, 5) is 8.37. The van der Waals surface area contributed by atoms with Crippen LogP contribution in [0.4, 0.5) is 5.69 Å². The predicted molar refractivity (Wildman–Crippen MR) is 94.6 cm³/mol. The Hall–Kier alpha value is -2.38. The largest absolute Gasteiger partial charge is 0.481 e. The van der Waals surface area contributed by atoms with Gasteiger partial charge in [-0.1, -0.05) is 31.5 Å². The summed E-state index contributed by atoms with van der Waals surface area (Å²) in [5.41, 5.74) is 8.03. The second kappa shape index (κ2) is 9.19. The lowest BCUT2D eigenvalue weighted by Gasteiger charge is -2.16. The number of aromatic nitrogens is 2. The molecule has 0 amide bonds. The van der Waals surface area contributed by atoms with Gasteiger partial charge in [-0.15, -0.1) is 0 Å². The third kappa shape index (κ3) is 4.80. The molecule has 1 heterocycles. The SMILES string of the molecule is CCCCOCc1cccc(C(O)c2nc(OC)cc(OC)n2)c1N. The number of nitrogens with two attached hydrogens (primary N) is 1. The minimum absolute atomic E-state index is 0.159. The first-order valence-electron chi connectivity index (χ1n) is 8.20. The van der Waals surface area contributed by atoms with Gasteiger partial charge in [0.2, 0.25) is 11.8 Å². The summed E-state index contributed by atoms with van der Waals surface area (Å²) in [6, 6.07) is 6.98. The van der Waals surface area contributed by atoms with Gasteiger partial charge in [0.1, 0.15) is 6.10 Å². The van der Waals surface area contributed by atoms with Crippen LogP contribution < -0.4 is 15.2 Å². The molecule has 0 bridgehead atoms. The topological polar surface area (TPSA) is 99.7 Å². The van der Waals surface area contributed by atoms with Crippen molar-refractivity contribution in [2.75, 3.05) is 26.6 Å². The van der Waals surface area contributed by atoms with Crippen molar-refractivity contribution in [3.8, 4) is 11.8 Å². The van der Waals surface area contributed by atoms with Crippen LogP contribution >= 0.6 is 0 Å². The summed E-state index contributed by atoms with van der Waals surface area (Å²) in [6.45, 7) is 3.19. The van der Waals surface area contributed by atoms with Crippen LogP contribution in [0.1, 0.15) is 42.8 Å². The lowest BCUT2D eigenvalue weighted by molar-refractivity contribution is 0.118. The van der Waals surface area contributed by atoms with Crippen LogP contribution in [0.5, 0.6) is 11.8 Å². The maximum absolute atomic E-state index is 10.7. The number of methoxy groups -OCH3 is 2. The molecule has 1 aromatic heterocycles. The van der Waals surface area contributed by atoms with Crippen molar-refractivity contribution < 1.29 is 19.3 Å². The highest BCUT2D eigenvalue weighted by Gasteiger charge is 2.20. The first-order valence-corrected chi connectivity index (χ1v) is 8.20. The molecule has 0 aliphatic carbocycles. The van der Waals surface area contributed by atoms with E-state index in [0.29, 0.717) is 36.2 Å². The molecular weight excluding hydrogens is 322 g/mol. The Balaban J connectivity index is 2.25. The van der Waals surface area contributed by atoms with Gasteiger partial charge in [0.15, 0.2) is 5.82 Å². The van der Waals surface area contributed by atoms with Crippen LogP contribution in [0.2, 0.25) is 0 Å². The second-order valence-corrected chi connectivity index (χ2v) is 5.54. The molecule has 0 fully saturated rings. The molecule has 0 aliphatic rings. The number of rotatable bonds is 9. The lowest BCUT2D eigenvalue weighted by atomic mass is 10.0. The molecule has 0 radical (unpaired) electrons. The van der Waals surface area contributed by atoms with Crippen LogP contribution in [-0.2, 0) is 11.3 Å². The first kappa shape index (κ1) is 19.0. The van der Waals surface area contributed by atoms with Crippen molar-refractivity contribution in [2.24, 2.45) is 0 Å². The molecule has 0 spiro atoms. The highest BCUT2D eigenvalue weighted by Crippen LogP contribution is 2.29. The molecule has 136 valence electrons. The Kier molecular flexibility index (Phi) is 6.97. The summed E-state index contributed by atoms with van der Waals surface area (Å²) in [5.74, 6) is 0.768. The van der Waals surface area contributed by atoms with Crippen LogP contribution in [0.15, 0.2) is 24.3 Å². The number of aliphatic hydroxyl groups excluding tert-OH is 1.